The number of aromatic nitrogens is 1. The Balaban J connectivity index is 1.79. The van der Waals surface area contributed by atoms with Gasteiger partial charge in [0, 0.05) is 55.9 Å². The molecule has 0 aliphatic heterocycles. The van der Waals surface area contributed by atoms with E-state index in [1.165, 1.54) is 12.1 Å². The molecular formula is C28H36FN3O3. The molecule has 6 nitrogen and oxygen atoms in total. The minimum absolute atomic E-state index is 0.00506. The molecule has 2 aromatic carbocycles. The maximum atomic E-state index is 13.5. The average Bonchev–Trinajstić information content (AvgIpc) is 3.24. The minimum Gasteiger partial charge on any atom is -0.385 e. The summed E-state index contributed by atoms with van der Waals surface area (Å²) in [5, 5.41) is 1.13. The Kier molecular flexibility index (Phi) is 9.04. The fourth-order valence-corrected chi connectivity index (χ4v) is 4.09. The van der Waals surface area contributed by atoms with E-state index in [4.69, 9.17) is 4.74 Å². The summed E-state index contributed by atoms with van der Waals surface area (Å²) in [6, 6.07) is 14.3. The van der Waals surface area contributed by atoms with Crippen molar-refractivity contribution in [1.29, 1.82) is 0 Å². The van der Waals surface area contributed by atoms with E-state index in [0.717, 1.165) is 22.0 Å². The second kappa shape index (κ2) is 12.0. The number of hydrogen-bond acceptors (Lipinski definition) is 3. The third-order valence-corrected chi connectivity index (χ3v) is 6.00. The molecule has 188 valence electrons. The van der Waals surface area contributed by atoms with Gasteiger partial charge < -0.3 is 19.5 Å². The molecule has 1 N–H and O–H groups in total. The third-order valence-electron chi connectivity index (χ3n) is 6.00. The lowest BCUT2D eigenvalue weighted by atomic mass is 9.94. The molecule has 0 fully saturated rings. The summed E-state index contributed by atoms with van der Waals surface area (Å²) in [4.78, 5) is 33.3. The highest BCUT2D eigenvalue weighted by atomic mass is 19.1. The lowest BCUT2D eigenvalue weighted by molar-refractivity contribution is -0.146. The van der Waals surface area contributed by atoms with Crippen molar-refractivity contribution >= 4 is 22.7 Å². The largest absolute Gasteiger partial charge is 0.385 e. The molecule has 0 aliphatic carbocycles. The summed E-state index contributed by atoms with van der Waals surface area (Å²) in [7, 11) is 1.62. The van der Waals surface area contributed by atoms with Gasteiger partial charge in [-0.3, -0.25) is 9.59 Å². The second-order valence-electron chi connectivity index (χ2n) is 9.87. The van der Waals surface area contributed by atoms with Crippen LogP contribution in [-0.2, 0) is 27.3 Å². The molecule has 0 saturated carbocycles. The number of benzene rings is 2. The molecule has 2 amide bonds. The van der Waals surface area contributed by atoms with Gasteiger partial charge in [0.05, 0.1) is 6.54 Å². The van der Waals surface area contributed by atoms with Gasteiger partial charge in [0.15, 0.2) is 0 Å². The van der Waals surface area contributed by atoms with Gasteiger partial charge in [0.1, 0.15) is 5.82 Å². The maximum Gasteiger partial charge on any atom is 0.242 e. The van der Waals surface area contributed by atoms with Gasteiger partial charge in [-0.25, -0.2) is 4.39 Å². The summed E-state index contributed by atoms with van der Waals surface area (Å²) < 4.78 is 18.6. The number of fused-ring (bicyclic) bond motifs is 1. The number of amides is 2. The second-order valence-corrected chi connectivity index (χ2v) is 9.87. The average molecular weight is 482 g/mol. The van der Waals surface area contributed by atoms with Crippen LogP contribution in [0.2, 0.25) is 0 Å². The van der Waals surface area contributed by atoms with Gasteiger partial charge in [-0.1, -0.05) is 51.1 Å². The van der Waals surface area contributed by atoms with E-state index in [2.05, 4.69) is 11.1 Å². The van der Waals surface area contributed by atoms with Gasteiger partial charge in [-0.2, -0.15) is 0 Å². The summed E-state index contributed by atoms with van der Waals surface area (Å²) in [6.45, 7) is 7.35. The van der Waals surface area contributed by atoms with Crippen molar-refractivity contribution < 1.29 is 18.7 Å². The number of carbonyl (C=O) groups is 2. The van der Waals surface area contributed by atoms with E-state index in [9.17, 15) is 14.0 Å². The fraction of sp³-hybridized carbons (Fsp3) is 0.429. The predicted octanol–water partition coefficient (Wildman–Crippen LogP) is 4.79. The molecule has 0 radical (unpaired) electrons. The molecule has 3 aromatic rings. The zero-order valence-electron chi connectivity index (χ0n) is 21.1. The highest BCUT2D eigenvalue weighted by molar-refractivity contribution is 5.87. The van der Waals surface area contributed by atoms with Crippen LogP contribution in [-0.4, -0.2) is 59.9 Å². The van der Waals surface area contributed by atoms with Crippen LogP contribution in [0.3, 0.4) is 0 Å². The van der Waals surface area contributed by atoms with Crippen molar-refractivity contribution in [3.05, 3.63) is 71.7 Å². The quantitative estimate of drug-likeness (QED) is 0.401. The molecule has 7 heteroatoms. The first-order valence-electron chi connectivity index (χ1n) is 12.0. The van der Waals surface area contributed by atoms with Crippen molar-refractivity contribution in [1.82, 2.24) is 14.8 Å². The number of carbonyl (C=O) groups excluding carboxylic acids is 2. The summed E-state index contributed by atoms with van der Waals surface area (Å²) in [5.74, 6) is -0.519. The number of para-hydroxylation sites is 1. The number of aromatic amines is 1. The molecule has 0 aliphatic rings. The van der Waals surface area contributed by atoms with Crippen LogP contribution in [0.1, 0.15) is 38.3 Å². The Morgan fingerprint density at radius 3 is 2.40 bits per heavy atom. The number of ether oxygens (including phenoxy) is 1. The summed E-state index contributed by atoms with van der Waals surface area (Å²) in [6.07, 6.45) is 3.29. The highest BCUT2D eigenvalue weighted by Crippen LogP contribution is 2.20. The van der Waals surface area contributed by atoms with Gasteiger partial charge in [-0.05, 0) is 42.2 Å². The molecule has 0 atom stereocenters. The molecule has 1 aromatic heterocycles. The Bertz CT molecular complexity index is 1120. The maximum absolute atomic E-state index is 13.5. The van der Waals surface area contributed by atoms with Crippen molar-refractivity contribution in [3.63, 3.8) is 0 Å². The van der Waals surface area contributed by atoms with E-state index in [-0.39, 0.29) is 24.2 Å². The Morgan fingerprint density at radius 2 is 1.71 bits per heavy atom. The molecule has 0 bridgehead atoms. The van der Waals surface area contributed by atoms with E-state index < -0.39 is 5.41 Å². The number of hydrogen-bond donors (Lipinski definition) is 1. The summed E-state index contributed by atoms with van der Waals surface area (Å²) >= 11 is 0. The van der Waals surface area contributed by atoms with Crippen molar-refractivity contribution in [2.45, 2.75) is 40.2 Å². The number of rotatable bonds is 11. The molecular weight excluding hydrogens is 445 g/mol. The molecule has 1 heterocycles. The smallest absolute Gasteiger partial charge is 0.242 e. The van der Waals surface area contributed by atoms with Gasteiger partial charge >= 0.3 is 0 Å². The monoisotopic (exact) mass is 481 g/mol. The minimum atomic E-state index is -0.598. The zero-order valence-corrected chi connectivity index (χ0v) is 21.1. The molecule has 3 rings (SSSR count). The van der Waals surface area contributed by atoms with Crippen molar-refractivity contribution in [3.8, 4) is 0 Å². The Labute approximate surface area is 207 Å². The van der Waals surface area contributed by atoms with Crippen LogP contribution in [0.4, 0.5) is 4.39 Å². The van der Waals surface area contributed by atoms with Crippen LogP contribution >= 0.6 is 0 Å². The normalized spacial score (nSPS) is 11.6. The van der Waals surface area contributed by atoms with Crippen LogP contribution in [0, 0.1) is 11.2 Å². The molecule has 0 spiro atoms. The standard InChI is InChI=1S/C28H36FN3O3/c1-28(2,3)27(34)32(15-7-17-35-4)20-26(33)31(19-21-10-12-23(29)13-11-21)16-14-22-18-30-25-9-6-5-8-24(22)25/h5-6,8-13,18,30H,7,14-17,19-20H2,1-4H3. The van der Waals surface area contributed by atoms with Gasteiger partial charge in [-0.15, -0.1) is 0 Å². The number of methoxy groups -OCH3 is 1. The first kappa shape index (κ1) is 26.4. The number of nitrogens with zero attached hydrogens (tertiary/aromatic N) is 2. The Morgan fingerprint density at radius 1 is 1.00 bits per heavy atom. The molecule has 0 saturated heterocycles. The van der Waals surface area contributed by atoms with E-state index in [0.29, 0.717) is 39.1 Å². The number of halogens is 1. The van der Waals surface area contributed by atoms with Gasteiger partial charge in [0.2, 0.25) is 11.8 Å². The number of nitrogens with one attached hydrogen (secondary N) is 1. The predicted molar refractivity (Wildman–Crippen MR) is 136 cm³/mol. The third kappa shape index (κ3) is 7.39. The van der Waals surface area contributed by atoms with Crippen molar-refractivity contribution in [2.24, 2.45) is 5.41 Å². The fourth-order valence-electron chi connectivity index (χ4n) is 4.09. The lowest BCUT2D eigenvalue weighted by Gasteiger charge is -2.31. The van der Waals surface area contributed by atoms with Crippen LogP contribution in [0.5, 0.6) is 0 Å². The van der Waals surface area contributed by atoms with Crippen LogP contribution in [0.15, 0.2) is 54.7 Å². The lowest BCUT2D eigenvalue weighted by Crippen LogP contribution is -2.47. The first-order valence-corrected chi connectivity index (χ1v) is 12.0. The highest BCUT2D eigenvalue weighted by Gasteiger charge is 2.29. The molecule has 0 unspecified atom stereocenters. The van der Waals surface area contributed by atoms with Crippen molar-refractivity contribution in [2.75, 3.05) is 33.4 Å². The SMILES string of the molecule is COCCCN(CC(=O)N(CCc1c[nH]c2ccccc12)Cc1ccc(F)cc1)C(=O)C(C)(C)C. The van der Waals surface area contributed by atoms with Gasteiger partial charge in [0.25, 0.3) is 0 Å². The Hall–Kier alpha value is -3.19. The van der Waals surface area contributed by atoms with Crippen LogP contribution < -0.4 is 0 Å². The summed E-state index contributed by atoms with van der Waals surface area (Å²) in [5.41, 5.74) is 2.42. The van der Waals surface area contributed by atoms with E-state index in [1.54, 1.807) is 29.0 Å². The zero-order chi connectivity index (χ0) is 25.4. The number of H-pyrrole nitrogens is 1. The van der Waals surface area contributed by atoms with E-state index in [1.807, 2.05) is 45.2 Å². The van der Waals surface area contributed by atoms with E-state index >= 15 is 0 Å². The molecule has 35 heavy (non-hydrogen) atoms. The first-order chi connectivity index (χ1) is 16.7. The topological polar surface area (TPSA) is 65.6 Å². The van der Waals surface area contributed by atoms with Crippen LogP contribution in [0.25, 0.3) is 10.9 Å².